The van der Waals surface area contributed by atoms with Crippen LogP contribution in [0.2, 0.25) is 5.02 Å². The van der Waals surface area contributed by atoms with E-state index in [0.29, 0.717) is 10.9 Å². The van der Waals surface area contributed by atoms with Gasteiger partial charge in [-0.05, 0) is 49.4 Å². The Kier molecular flexibility index (Phi) is 5.64. The van der Waals surface area contributed by atoms with Gasteiger partial charge in [0, 0.05) is 24.7 Å². The molecular weight excluding hydrogens is 262 g/mol. The number of nitrogens with zero attached hydrogens (tertiary/aromatic N) is 1. The first-order valence-corrected chi connectivity index (χ1v) is 7.33. The number of aliphatic hydroxyl groups excluding tert-OH is 2. The van der Waals surface area contributed by atoms with E-state index in [1.807, 2.05) is 24.3 Å². The molecule has 2 atom stereocenters. The third-order valence-corrected chi connectivity index (χ3v) is 4.09. The number of halogens is 1. The van der Waals surface area contributed by atoms with Gasteiger partial charge in [-0.2, -0.15) is 0 Å². The largest absolute Gasteiger partial charge is 0.396 e. The molecule has 1 fully saturated rings. The lowest BCUT2D eigenvalue weighted by Gasteiger charge is -2.32. The number of hydrogen-bond acceptors (Lipinski definition) is 3. The molecule has 0 radical (unpaired) electrons. The second-order valence-corrected chi connectivity index (χ2v) is 5.78. The Labute approximate surface area is 119 Å². The first-order valence-electron chi connectivity index (χ1n) is 6.96. The molecule has 0 aromatic heterocycles. The maximum absolute atomic E-state index is 10.1. The molecule has 0 aliphatic carbocycles. The summed E-state index contributed by atoms with van der Waals surface area (Å²) in [5.41, 5.74) is 0.917. The van der Waals surface area contributed by atoms with Crippen LogP contribution in [-0.2, 0) is 0 Å². The predicted octanol–water partition coefficient (Wildman–Crippen LogP) is 2.47. The van der Waals surface area contributed by atoms with Crippen molar-refractivity contribution in [3.05, 3.63) is 34.9 Å². The molecule has 2 rings (SSSR count). The summed E-state index contributed by atoms with van der Waals surface area (Å²) in [4.78, 5) is 2.34. The topological polar surface area (TPSA) is 43.7 Å². The zero-order valence-electron chi connectivity index (χ0n) is 11.1. The van der Waals surface area contributed by atoms with E-state index in [4.69, 9.17) is 11.6 Å². The molecule has 1 aliphatic heterocycles. The Hall–Kier alpha value is -0.610. The molecule has 0 amide bonds. The average molecular weight is 284 g/mol. The van der Waals surface area contributed by atoms with E-state index in [1.165, 1.54) is 0 Å². The summed E-state index contributed by atoms with van der Waals surface area (Å²) in [7, 11) is 0. The van der Waals surface area contributed by atoms with Crippen LogP contribution in [0.4, 0.5) is 0 Å². The molecule has 1 aromatic carbocycles. The normalized spacial score (nSPS) is 22.4. The van der Waals surface area contributed by atoms with Crippen LogP contribution in [0.15, 0.2) is 24.3 Å². The lowest BCUT2D eigenvalue weighted by Crippen LogP contribution is -2.37. The van der Waals surface area contributed by atoms with E-state index in [1.54, 1.807) is 0 Å². The highest BCUT2D eigenvalue weighted by Crippen LogP contribution is 2.21. The molecule has 1 saturated heterocycles. The quantitative estimate of drug-likeness (QED) is 0.872. The van der Waals surface area contributed by atoms with E-state index in [9.17, 15) is 10.2 Å². The standard InChI is InChI=1S/C15H22ClNO2/c16-14-5-3-13(4-6-14)15(19)7-9-17-8-1-2-12(10-17)11-18/h3-6,12,15,18-19H,1-2,7-11H2. The van der Waals surface area contributed by atoms with Gasteiger partial charge in [0.05, 0.1) is 6.10 Å². The Bertz CT molecular complexity index is 382. The Balaban J connectivity index is 1.79. The first kappa shape index (κ1) is 14.8. The second-order valence-electron chi connectivity index (χ2n) is 5.35. The Morgan fingerprint density at radius 1 is 1.32 bits per heavy atom. The number of aliphatic hydroxyl groups is 2. The summed E-state index contributed by atoms with van der Waals surface area (Å²) in [6, 6.07) is 7.37. The molecule has 2 N–H and O–H groups in total. The van der Waals surface area contributed by atoms with Crippen LogP contribution in [0.3, 0.4) is 0 Å². The molecular formula is C15H22ClNO2. The summed E-state index contributed by atoms with van der Waals surface area (Å²) < 4.78 is 0. The molecule has 3 nitrogen and oxygen atoms in total. The van der Waals surface area contributed by atoms with Crippen LogP contribution < -0.4 is 0 Å². The van der Waals surface area contributed by atoms with Gasteiger partial charge in [-0.3, -0.25) is 0 Å². The van der Waals surface area contributed by atoms with Gasteiger partial charge in [-0.15, -0.1) is 0 Å². The van der Waals surface area contributed by atoms with Gasteiger partial charge in [0.15, 0.2) is 0 Å². The summed E-state index contributed by atoms with van der Waals surface area (Å²) >= 11 is 5.83. The maximum atomic E-state index is 10.1. The van der Waals surface area contributed by atoms with Crippen LogP contribution in [0, 0.1) is 5.92 Å². The molecule has 1 heterocycles. The SMILES string of the molecule is OCC1CCCN(CCC(O)c2ccc(Cl)cc2)C1. The van der Waals surface area contributed by atoms with Crippen molar-refractivity contribution in [1.29, 1.82) is 0 Å². The minimum absolute atomic E-state index is 0.274. The van der Waals surface area contributed by atoms with E-state index in [2.05, 4.69) is 4.90 Å². The third-order valence-electron chi connectivity index (χ3n) is 3.83. The Morgan fingerprint density at radius 3 is 2.74 bits per heavy atom. The van der Waals surface area contributed by atoms with E-state index in [-0.39, 0.29) is 6.61 Å². The summed E-state index contributed by atoms with van der Waals surface area (Å²) in [5.74, 6) is 0.404. The van der Waals surface area contributed by atoms with Gasteiger partial charge in [0.1, 0.15) is 0 Å². The molecule has 1 aliphatic rings. The number of likely N-dealkylation sites (tertiary alicyclic amines) is 1. The summed E-state index contributed by atoms with van der Waals surface area (Å²) in [5, 5.41) is 20.0. The number of hydrogen-bond donors (Lipinski definition) is 2. The van der Waals surface area contributed by atoms with Crippen molar-refractivity contribution in [1.82, 2.24) is 4.90 Å². The maximum Gasteiger partial charge on any atom is 0.0802 e. The van der Waals surface area contributed by atoms with Crippen molar-refractivity contribution < 1.29 is 10.2 Å². The molecule has 0 bridgehead atoms. The summed E-state index contributed by atoms with van der Waals surface area (Å²) in [6.07, 6.45) is 2.54. The van der Waals surface area contributed by atoms with Crippen LogP contribution in [0.5, 0.6) is 0 Å². The van der Waals surface area contributed by atoms with Crippen LogP contribution in [0.1, 0.15) is 30.9 Å². The number of piperidine rings is 1. The van der Waals surface area contributed by atoms with Crippen LogP contribution in [0.25, 0.3) is 0 Å². The highest BCUT2D eigenvalue weighted by atomic mass is 35.5. The molecule has 19 heavy (non-hydrogen) atoms. The van der Waals surface area contributed by atoms with Crippen molar-refractivity contribution in [2.45, 2.75) is 25.4 Å². The molecule has 2 unspecified atom stereocenters. The van der Waals surface area contributed by atoms with E-state index in [0.717, 1.165) is 44.5 Å². The van der Waals surface area contributed by atoms with Crippen molar-refractivity contribution in [3.8, 4) is 0 Å². The fraction of sp³-hybridized carbons (Fsp3) is 0.600. The van der Waals surface area contributed by atoms with E-state index >= 15 is 0 Å². The lowest BCUT2D eigenvalue weighted by atomic mass is 9.98. The van der Waals surface area contributed by atoms with Crippen molar-refractivity contribution >= 4 is 11.6 Å². The van der Waals surface area contributed by atoms with Gasteiger partial charge in [0.25, 0.3) is 0 Å². The average Bonchev–Trinajstić information content (AvgIpc) is 2.46. The first-order chi connectivity index (χ1) is 9.19. The number of rotatable bonds is 5. The fourth-order valence-corrected chi connectivity index (χ4v) is 2.79. The zero-order valence-corrected chi connectivity index (χ0v) is 11.9. The van der Waals surface area contributed by atoms with Gasteiger partial charge in [-0.1, -0.05) is 23.7 Å². The van der Waals surface area contributed by atoms with E-state index < -0.39 is 6.10 Å². The zero-order chi connectivity index (χ0) is 13.7. The van der Waals surface area contributed by atoms with Crippen molar-refractivity contribution in [3.63, 3.8) is 0 Å². The predicted molar refractivity (Wildman–Crippen MR) is 77.3 cm³/mol. The smallest absolute Gasteiger partial charge is 0.0802 e. The summed E-state index contributed by atoms with van der Waals surface area (Å²) in [6.45, 7) is 3.17. The third kappa shape index (κ3) is 4.46. The molecule has 1 aromatic rings. The minimum Gasteiger partial charge on any atom is -0.396 e. The monoisotopic (exact) mass is 283 g/mol. The highest BCUT2D eigenvalue weighted by molar-refractivity contribution is 6.30. The second kappa shape index (κ2) is 7.25. The molecule has 0 spiro atoms. The van der Waals surface area contributed by atoms with Crippen LogP contribution >= 0.6 is 11.6 Å². The van der Waals surface area contributed by atoms with Gasteiger partial charge in [-0.25, -0.2) is 0 Å². The van der Waals surface area contributed by atoms with Crippen molar-refractivity contribution in [2.24, 2.45) is 5.92 Å². The fourth-order valence-electron chi connectivity index (χ4n) is 2.66. The van der Waals surface area contributed by atoms with Gasteiger partial charge >= 0.3 is 0 Å². The lowest BCUT2D eigenvalue weighted by molar-refractivity contribution is 0.0962. The molecule has 0 saturated carbocycles. The van der Waals surface area contributed by atoms with Crippen molar-refractivity contribution in [2.75, 3.05) is 26.2 Å². The number of benzene rings is 1. The minimum atomic E-state index is -0.438. The van der Waals surface area contributed by atoms with Gasteiger partial charge in [0.2, 0.25) is 0 Å². The Morgan fingerprint density at radius 2 is 2.05 bits per heavy atom. The molecule has 106 valence electrons. The van der Waals surface area contributed by atoms with Crippen LogP contribution in [-0.4, -0.2) is 41.4 Å². The highest BCUT2D eigenvalue weighted by Gasteiger charge is 2.19. The van der Waals surface area contributed by atoms with Gasteiger partial charge < -0.3 is 15.1 Å². The molecule has 4 heteroatoms.